The van der Waals surface area contributed by atoms with Gasteiger partial charge in [-0.05, 0) is 18.3 Å². The van der Waals surface area contributed by atoms with Gasteiger partial charge in [0, 0.05) is 13.1 Å². The SMILES string of the molecule is CC1CCN(C(=O)CNC(=O)[C@@H](N)C(C)C)C1.Cl. The lowest BCUT2D eigenvalue weighted by atomic mass is 10.1. The van der Waals surface area contributed by atoms with E-state index >= 15 is 0 Å². The molecule has 0 spiro atoms. The van der Waals surface area contributed by atoms with Crippen LogP contribution in [0.4, 0.5) is 0 Å². The van der Waals surface area contributed by atoms with E-state index in [1.54, 1.807) is 4.90 Å². The highest BCUT2D eigenvalue weighted by molar-refractivity contribution is 5.87. The van der Waals surface area contributed by atoms with Gasteiger partial charge in [0.1, 0.15) is 0 Å². The Bertz CT molecular complexity index is 297. The minimum Gasteiger partial charge on any atom is -0.346 e. The molecule has 18 heavy (non-hydrogen) atoms. The summed E-state index contributed by atoms with van der Waals surface area (Å²) in [6.07, 6.45) is 1.05. The number of nitrogens with zero attached hydrogens (tertiary/aromatic N) is 1. The number of carbonyl (C=O) groups is 2. The van der Waals surface area contributed by atoms with Crippen LogP contribution in [0.15, 0.2) is 0 Å². The number of hydrogen-bond acceptors (Lipinski definition) is 3. The summed E-state index contributed by atoms with van der Waals surface area (Å²) in [6.45, 7) is 7.55. The highest BCUT2D eigenvalue weighted by atomic mass is 35.5. The second kappa shape index (κ2) is 7.59. The molecule has 1 saturated heterocycles. The molecule has 0 aromatic rings. The van der Waals surface area contributed by atoms with Gasteiger partial charge in [0.25, 0.3) is 0 Å². The average molecular weight is 278 g/mol. The summed E-state index contributed by atoms with van der Waals surface area (Å²) in [5.41, 5.74) is 5.68. The van der Waals surface area contributed by atoms with E-state index in [0.29, 0.717) is 5.92 Å². The van der Waals surface area contributed by atoms with Crippen LogP contribution in [0.2, 0.25) is 0 Å². The van der Waals surface area contributed by atoms with Crippen molar-refractivity contribution in [3.63, 3.8) is 0 Å². The monoisotopic (exact) mass is 277 g/mol. The largest absolute Gasteiger partial charge is 0.346 e. The van der Waals surface area contributed by atoms with Gasteiger partial charge in [-0.25, -0.2) is 0 Å². The zero-order valence-electron chi connectivity index (χ0n) is 11.3. The van der Waals surface area contributed by atoms with Gasteiger partial charge in [-0.1, -0.05) is 20.8 Å². The molecule has 1 rings (SSSR count). The van der Waals surface area contributed by atoms with E-state index in [-0.39, 0.29) is 36.7 Å². The first-order valence-electron chi connectivity index (χ1n) is 6.23. The summed E-state index contributed by atoms with van der Waals surface area (Å²) < 4.78 is 0. The number of rotatable bonds is 4. The van der Waals surface area contributed by atoms with E-state index < -0.39 is 6.04 Å². The van der Waals surface area contributed by atoms with Gasteiger partial charge >= 0.3 is 0 Å². The van der Waals surface area contributed by atoms with Crippen molar-refractivity contribution >= 4 is 24.2 Å². The normalized spacial score (nSPS) is 20.5. The van der Waals surface area contributed by atoms with Crippen LogP contribution in [0.5, 0.6) is 0 Å². The van der Waals surface area contributed by atoms with Gasteiger partial charge in [-0.15, -0.1) is 12.4 Å². The summed E-state index contributed by atoms with van der Waals surface area (Å²) in [4.78, 5) is 25.1. The first-order chi connectivity index (χ1) is 7.91. The zero-order valence-corrected chi connectivity index (χ0v) is 12.1. The molecule has 1 aliphatic rings. The molecular formula is C12H24ClN3O2. The van der Waals surface area contributed by atoms with Gasteiger partial charge in [-0.2, -0.15) is 0 Å². The molecule has 3 N–H and O–H groups in total. The van der Waals surface area contributed by atoms with Crippen molar-refractivity contribution in [1.29, 1.82) is 0 Å². The van der Waals surface area contributed by atoms with E-state index in [1.165, 1.54) is 0 Å². The third-order valence-electron chi connectivity index (χ3n) is 3.21. The molecule has 1 aliphatic heterocycles. The molecule has 106 valence electrons. The first-order valence-corrected chi connectivity index (χ1v) is 6.23. The van der Waals surface area contributed by atoms with Crippen molar-refractivity contribution < 1.29 is 9.59 Å². The summed E-state index contributed by atoms with van der Waals surface area (Å²) >= 11 is 0. The summed E-state index contributed by atoms with van der Waals surface area (Å²) in [5, 5.41) is 2.60. The van der Waals surface area contributed by atoms with Crippen LogP contribution in [-0.4, -0.2) is 42.4 Å². The molecule has 0 saturated carbocycles. The fourth-order valence-electron chi connectivity index (χ4n) is 1.86. The van der Waals surface area contributed by atoms with Crippen LogP contribution in [0.1, 0.15) is 27.2 Å². The molecule has 1 heterocycles. The van der Waals surface area contributed by atoms with E-state index in [0.717, 1.165) is 19.5 Å². The molecular weight excluding hydrogens is 254 g/mol. The Balaban J connectivity index is 0.00000289. The Morgan fingerprint density at radius 2 is 2.06 bits per heavy atom. The predicted octanol–water partition coefficient (Wildman–Crippen LogP) is 0.376. The van der Waals surface area contributed by atoms with Crippen LogP contribution in [0.25, 0.3) is 0 Å². The number of likely N-dealkylation sites (tertiary alicyclic amines) is 1. The van der Waals surface area contributed by atoms with Gasteiger partial charge in [-0.3, -0.25) is 9.59 Å². The molecule has 0 bridgehead atoms. The first kappa shape index (κ1) is 17.2. The maximum absolute atomic E-state index is 11.8. The Labute approximate surface area is 115 Å². The van der Waals surface area contributed by atoms with Gasteiger partial charge in [0.15, 0.2) is 0 Å². The van der Waals surface area contributed by atoms with Crippen molar-refractivity contribution in [2.24, 2.45) is 17.6 Å². The van der Waals surface area contributed by atoms with Crippen LogP contribution in [-0.2, 0) is 9.59 Å². The molecule has 0 aromatic heterocycles. The number of nitrogens with one attached hydrogen (secondary N) is 1. The van der Waals surface area contributed by atoms with Crippen molar-refractivity contribution in [2.75, 3.05) is 19.6 Å². The Morgan fingerprint density at radius 1 is 1.44 bits per heavy atom. The van der Waals surface area contributed by atoms with Gasteiger partial charge < -0.3 is 16.0 Å². The molecule has 6 heteroatoms. The lowest BCUT2D eigenvalue weighted by molar-refractivity contribution is -0.132. The predicted molar refractivity (Wildman–Crippen MR) is 73.4 cm³/mol. The molecule has 0 aromatic carbocycles. The lowest BCUT2D eigenvalue weighted by Crippen LogP contribution is -2.47. The molecule has 2 amide bonds. The van der Waals surface area contributed by atoms with E-state index in [9.17, 15) is 9.59 Å². The van der Waals surface area contributed by atoms with Crippen molar-refractivity contribution in [3.8, 4) is 0 Å². The Kier molecular flexibility index (Phi) is 7.25. The number of halogens is 1. The smallest absolute Gasteiger partial charge is 0.241 e. The van der Waals surface area contributed by atoms with E-state index in [1.807, 2.05) is 13.8 Å². The maximum atomic E-state index is 11.8. The molecule has 5 nitrogen and oxygen atoms in total. The highest BCUT2D eigenvalue weighted by Gasteiger charge is 2.24. The summed E-state index contributed by atoms with van der Waals surface area (Å²) in [5.74, 6) is 0.378. The van der Waals surface area contributed by atoms with E-state index in [4.69, 9.17) is 5.73 Å². The molecule has 1 fully saturated rings. The number of nitrogens with two attached hydrogens (primary N) is 1. The standard InChI is InChI=1S/C12H23N3O2.ClH/c1-8(2)11(13)12(17)14-6-10(16)15-5-4-9(3)7-15;/h8-9,11H,4-7,13H2,1-3H3,(H,14,17);1H/t9?,11-;/m0./s1. The summed E-state index contributed by atoms with van der Waals surface area (Å²) in [6, 6.07) is -0.541. The van der Waals surface area contributed by atoms with Crippen LogP contribution >= 0.6 is 12.4 Å². The lowest BCUT2D eigenvalue weighted by Gasteiger charge is -2.18. The topological polar surface area (TPSA) is 75.4 Å². The van der Waals surface area contributed by atoms with Crippen LogP contribution in [0, 0.1) is 11.8 Å². The third-order valence-corrected chi connectivity index (χ3v) is 3.21. The van der Waals surface area contributed by atoms with Gasteiger partial charge in [0.05, 0.1) is 12.6 Å². The number of hydrogen-bond donors (Lipinski definition) is 2. The fraction of sp³-hybridized carbons (Fsp3) is 0.833. The minimum absolute atomic E-state index is 0. The van der Waals surface area contributed by atoms with Gasteiger partial charge in [0.2, 0.25) is 11.8 Å². The molecule has 0 radical (unpaired) electrons. The summed E-state index contributed by atoms with van der Waals surface area (Å²) in [7, 11) is 0. The van der Waals surface area contributed by atoms with Crippen LogP contribution < -0.4 is 11.1 Å². The Morgan fingerprint density at radius 3 is 2.50 bits per heavy atom. The fourth-order valence-corrected chi connectivity index (χ4v) is 1.86. The number of amides is 2. The van der Waals surface area contributed by atoms with Crippen molar-refractivity contribution in [2.45, 2.75) is 33.2 Å². The highest BCUT2D eigenvalue weighted by Crippen LogP contribution is 2.14. The zero-order chi connectivity index (χ0) is 13.0. The van der Waals surface area contributed by atoms with E-state index in [2.05, 4.69) is 12.2 Å². The third kappa shape index (κ3) is 4.82. The van der Waals surface area contributed by atoms with Crippen molar-refractivity contribution in [1.82, 2.24) is 10.2 Å². The quantitative estimate of drug-likeness (QED) is 0.780. The molecule has 0 aliphatic carbocycles. The second-order valence-corrected chi connectivity index (χ2v) is 5.22. The van der Waals surface area contributed by atoms with Crippen molar-refractivity contribution in [3.05, 3.63) is 0 Å². The number of carbonyl (C=O) groups excluding carboxylic acids is 2. The average Bonchev–Trinajstić information content (AvgIpc) is 2.71. The maximum Gasteiger partial charge on any atom is 0.241 e. The van der Waals surface area contributed by atoms with Crippen LogP contribution in [0.3, 0.4) is 0 Å². The second-order valence-electron chi connectivity index (χ2n) is 5.22. The molecule has 1 unspecified atom stereocenters. The Hall–Kier alpha value is -0.810. The molecule has 2 atom stereocenters. The minimum atomic E-state index is -0.541.